The van der Waals surface area contributed by atoms with Gasteiger partial charge in [-0.3, -0.25) is 0 Å². The summed E-state index contributed by atoms with van der Waals surface area (Å²) in [5, 5.41) is 4.16. The number of hydrogen-bond acceptors (Lipinski definition) is 2. The molecule has 1 aliphatic rings. The van der Waals surface area contributed by atoms with Crippen molar-refractivity contribution in [2.75, 3.05) is 12.4 Å². The Morgan fingerprint density at radius 3 is 2.67 bits per heavy atom. The van der Waals surface area contributed by atoms with E-state index in [9.17, 15) is 0 Å². The summed E-state index contributed by atoms with van der Waals surface area (Å²) in [7, 11) is 1.63. The summed E-state index contributed by atoms with van der Waals surface area (Å²) >= 11 is 6.05. The topological polar surface area (TPSA) is 21.3 Å². The molecular formula is C12H16ClNO. The minimum atomic E-state index is 0.620. The van der Waals surface area contributed by atoms with E-state index in [1.54, 1.807) is 7.11 Å². The third-order valence-electron chi connectivity index (χ3n) is 2.88. The maximum absolute atomic E-state index is 6.05. The van der Waals surface area contributed by atoms with Crippen LogP contribution in [0.1, 0.15) is 25.7 Å². The molecule has 0 radical (unpaired) electrons. The molecular weight excluding hydrogens is 210 g/mol. The first kappa shape index (κ1) is 10.6. The molecule has 0 saturated heterocycles. The van der Waals surface area contributed by atoms with Crippen molar-refractivity contribution >= 4 is 17.3 Å². The molecule has 0 amide bonds. The summed E-state index contributed by atoms with van der Waals surface area (Å²) in [5.41, 5.74) is 1.09. The van der Waals surface area contributed by atoms with E-state index in [1.165, 1.54) is 25.7 Å². The Hall–Kier alpha value is -0.890. The summed E-state index contributed by atoms with van der Waals surface area (Å²) in [6.45, 7) is 0. The van der Waals surface area contributed by atoms with Crippen molar-refractivity contribution in [3.8, 4) is 5.75 Å². The van der Waals surface area contributed by atoms with Gasteiger partial charge in [0.05, 0.1) is 12.1 Å². The fraction of sp³-hybridized carbons (Fsp3) is 0.500. The van der Waals surface area contributed by atoms with Gasteiger partial charge in [-0.05, 0) is 31.0 Å². The molecule has 0 spiro atoms. The number of ether oxygens (including phenoxy) is 1. The molecule has 2 nitrogen and oxygen atoms in total. The maximum Gasteiger partial charge on any atom is 0.137 e. The predicted molar refractivity (Wildman–Crippen MR) is 63.9 cm³/mol. The largest absolute Gasteiger partial charge is 0.495 e. The maximum atomic E-state index is 6.05. The lowest BCUT2D eigenvalue weighted by Crippen LogP contribution is -2.14. The Kier molecular flexibility index (Phi) is 3.37. The minimum absolute atomic E-state index is 0.620. The van der Waals surface area contributed by atoms with Crippen molar-refractivity contribution in [2.24, 2.45) is 0 Å². The molecule has 2 rings (SSSR count). The molecule has 0 aliphatic heterocycles. The summed E-state index contributed by atoms with van der Waals surface area (Å²) in [6, 6.07) is 6.47. The van der Waals surface area contributed by atoms with Gasteiger partial charge < -0.3 is 10.1 Å². The van der Waals surface area contributed by atoms with Crippen LogP contribution >= 0.6 is 11.6 Å². The molecule has 0 heterocycles. The number of methoxy groups -OCH3 is 1. The number of nitrogens with one attached hydrogen (secondary N) is 1. The average Bonchev–Trinajstić information content (AvgIpc) is 2.71. The summed E-state index contributed by atoms with van der Waals surface area (Å²) in [4.78, 5) is 0. The summed E-state index contributed by atoms with van der Waals surface area (Å²) < 4.78 is 5.11. The molecule has 0 bridgehead atoms. The zero-order valence-electron chi connectivity index (χ0n) is 8.92. The zero-order chi connectivity index (χ0) is 10.7. The molecule has 1 saturated carbocycles. The summed E-state index contributed by atoms with van der Waals surface area (Å²) in [5.74, 6) is 0.730. The molecule has 3 heteroatoms. The van der Waals surface area contributed by atoms with E-state index in [2.05, 4.69) is 5.32 Å². The molecule has 1 aliphatic carbocycles. The van der Waals surface area contributed by atoms with Crippen LogP contribution in [0.2, 0.25) is 5.02 Å². The van der Waals surface area contributed by atoms with Crippen molar-refractivity contribution in [1.29, 1.82) is 0 Å². The van der Waals surface area contributed by atoms with Crippen molar-refractivity contribution in [1.82, 2.24) is 0 Å². The van der Waals surface area contributed by atoms with Crippen LogP contribution in [0.3, 0.4) is 0 Å². The summed E-state index contributed by atoms with van der Waals surface area (Å²) in [6.07, 6.45) is 5.20. The van der Waals surface area contributed by atoms with Crippen LogP contribution in [0.15, 0.2) is 18.2 Å². The van der Waals surface area contributed by atoms with Gasteiger partial charge in [0.1, 0.15) is 5.75 Å². The van der Waals surface area contributed by atoms with Gasteiger partial charge in [-0.15, -0.1) is 0 Å². The number of halogens is 1. The molecule has 1 aromatic rings. The van der Waals surface area contributed by atoms with E-state index in [4.69, 9.17) is 16.3 Å². The van der Waals surface area contributed by atoms with Gasteiger partial charge in [0.2, 0.25) is 0 Å². The molecule has 0 aromatic heterocycles. The highest BCUT2D eigenvalue weighted by atomic mass is 35.5. The van der Waals surface area contributed by atoms with Gasteiger partial charge in [-0.2, -0.15) is 0 Å². The third kappa shape index (κ3) is 2.57. The van der Waals surface area contributed by atoms with E-state index >= 15 is 0 Å². The highest BCUT2D eigenvalue weighted by Gasteiger charge is 2.14. The van der Waals surface area contributed by atoms with Gasteiger partial charge >= 0.3 is 0 Å². The third-order valence-corrected chi connectivity index (χ3v) is 3.17. The van der Waals surface area contributed by atoms with Gasteiger partial charge in [0, 0.05) is 11.7 Å². The van der Waals surface area contributed by atoms with Crippen LogP contribution in [-0.4, -0.2) is 13.2 Å². The van der Waals surface area contributed by atoms with Crippen LogP contribution in [0.5, 0.6) is 5.75 Å². The Balaban J connectivity index is 2.05. The monoisotopic (exact) mass is 225 g/mol. The fourth-order valence-electron chi connectivity index (χ4n) is 2.06. The number of hydrogen-bond donors (Lipinski definition) is 1. The molecule has 0 atom stereocenters. The molecule has 0 unspecified atom stereocenters. The molecule has 15 heavy (non-hydrogen) atoms. The highest BCUT2D eigenvalue weighted by molar-refractivity contribution is 6.32. The Morgan fingerprint density at radius 1 is 1.33 bits per heavy atom. The van der Waals surface area contributed by atoms with Crippen molar-refractivity contribution < 1.29 is 4.74 Å². The SMILES string of the molecule is COc1ccc(NC2CCCC2)cc1Cl. The van der Waals surface area contributed by atoms with E-state index in [1.807, 2.05) is 18.2 Å². The lowest BCUT2D eigenvalue weighted by molar-refractivity contribution is 0.415. The number of anilines is 1. The van der Waals surface area contributed by atoms with Crippen LogP contribution in [0.25, 0.3) is 0 Å². The smallest absolute Gasteiger partial charge is 0.137 e. The van der Waals surface area contributed by atoms with Gasteiger partial charge in [0.25, 0.3) is 0 Å². The van der Waals surface area contributed by atoms with Crippen LogP contribution in [-0.2, 0) is 0 Å². The Labute approximate surface area is 95.6 Å². The van der Waals surface area contributed by atoms with Crippen LogP contribution < -0.4 is 10.1 Å². The normalized spacial score (nSPS) is 16.7. The number of rotatable bonds is 3. The standard InChI is InChI=1S/C12H16ClNO/c1-15-12-7-6-10(8-11(12)13)14-9-4-2-3-5-9/h6-9,14H,2-5H2,1H3. The quantitative estimate of drug-likeness (QED) is 0.847. The first-order valence-electron chi connectivity index (χ1n) is 5.39. The van der Waals surface area contributed by atoms with Gasteiger partial charge in [0.15, 0.2) is 0 Å². The second-order valence-corrected chi connectivity index (χ2v) is 4.38. The van der Waals surface area contributed by atoms with Crippen molar-refractivity contribution in [3.63, 3.8) is 0 Å². The average molecular weight is 226 g/mol. The first-order valence-corrected chi connectivity index (χ1v) is 5.77. The lowest BCUT2D eigenvalue weighted by Gasteiger charge is -2.14. The second-order valence-electron chi connectivity index (χ2n) is 3.98. The highest BCUT2D eigenvalue weighted by Crippen LogP contribution is 2.29. The molecule has 1 aromatic carbocycles. The van der Waals surface area contributed by atoms with Crippen LogP contribution in [0.4, 0.5) is 5.69 Å². The minimum Gasteiger partial charge on any atom is -0.495 e. The number of benzene rings is 1. The molecule has 1 fully saturated rings. The Morgan fingerprint density at radius 2 is 2.07 bits per heavy atom. The lowest BCUT2D eigenvalue weighted by atomic mass is 10.2. The molecule has 82 valence electrons. The Bertz CT molecular complexity index is 334. The first-order chi connectivity index (χ1) is 7.29. The van der Waals surface area contributed by atoms with Crippen molar-refractivity contribution in [2.45, 2.75) is 31.7 Å². The zero-order valence-corrected chi connectivity index (χ0v) is 9.68. The van der Waals surface area contributed by atoms with E-state index in [0.29, 0.717) is 11.1 Å². The fourth-order valence-corrected chi connectivity index (χ4v) is 2.32. The van der Waals surface area contributed by atoms with Crippen molar-refractivity contribution in [3.05, 3.63) is 23.2 Å². The van der Waals surface area contributed by atoms with E-state index < -0.39 is 0 Å². The van der Waals surface area contributed by atoms with Gasteiger partial charge in [-0.25, -0.2) is 0 Å². The van der Waals surface area contributed by atoms with Crippen LogP contribution in [0, 0.1) is 0 Å². The second kappa shape index (κ2) is 4.75. The van der Waals surface area contributed by atoms with E-state index in [0.717, 1.165) is 11.4 Å². The van der Waals surface area contributed by atoms with E-state index in [-0.39, 0.29) is 0 Å². The van der Waals surface area contributed by atoms with Gasteiger partial charge in [-0.1, -0.05) is 24.4 Å². The molecule has 1 N–H and O–H groups in total. The predicted octanol–water partition coefficient (Wildman–Crippen LogP) is 3.70.